The average Bonchev–Trinajstić information content (AvgIpc) is 3.47. The van der Waals surface area contributed by atoms with Gasteiger partial charge in [-0.15, -0.1) is 22.7 Å². The van der Waals surface area contributed by atoms with Crippen LogP contribution in [-0.4, -0.2) is 28.6 Å². The second-order valence-corrected chi connectivity index (χ2v) is 8.86. The smallest absolute Gasteiger partial charge is 0.257 e. The molecule has 4 amide bonds. The van der Waals surface area contributed by atoms with Crippen molar-refractivity contribution in [2.75, 3.05) is 10.2 Å². The summed E-state index contributed by atoms with van der Waals surface area (Å²) in [6, 6.07) is 10.2. The summed E-state index contributed by atoms with van der Waals surface area (Å²) in [6.07, 6.45) is 0.429. The van der Waals surface area contributed by atoms with Crippen LogP contribution in [0.3, 0.4) is 0 Å². The van der Waals surface area contributed by atoms with Gasteiger partial charge in [-0.1, -0.05) is 0 Å². The Labute approximate surface area is 185 Å². The zero-order valence-electron chi connectivity index (χ0n) is 16.5. The number of aromatic nitrogens is 1. The molecule has 158 valence electrons. The number of nitrogens with zero attached hydrogens (tertiary/aromatic N) is 2. The first kappa shape index (κ1) is 20.9. The van der Waals surface area contributed by atoms with Crippen LogP contribution in [-0.2, 0) is 20.9 Å². The van der Waals surface area contributed by atoms with E-state index in [1.54, 1.807) is 24.3 Å². The summed E-state index contributed by atoms with van der Waals surface area (Å²) in [6.45, 7) is 1.95. The Morgan fingerprint density at radius 3 is 2.45 bits per heavy atom. The van der Waals surface area contributed by atoms with Crippen LogP contribution in [0.4, 0.5) is 10.8 Å². The first-order chi connectivity index (χ1) is 14.9. The molecule has 0 atom stereocenters. The average molecular weight is 455 g/mol. The summed E-state index contributed by atoms with van der Waals surface area (Å²) >= 11 is 2.84. The largest absolute Gasteiger partial charge is 0.351 e. The summed E-state index contributed by atoms with van der Waals surface area (Å²) in [5.74, 6) is -0.873. The van der Waals surface area contributed by atoms with Gasteiger partial charge in [-0.25, -0.2) is 4.98 Å². The first-order valence-electron chi connectivity index (χ1n) is 9.47. The maximum absolute atomic E-state index is 12.5. The van der Waals surface area contributed by atoms with Gasteiger partial charge >= 0.3 is 0 Å². The molecule has 8 nitrogen and oxygen atoms in total. The molecule has 10 heteroatoms. The van der Waals surface area contributed by atoms with Gasteiger partial charge in [0.15, 0.2) is 5.13 Å². The van der Waals surface area contributed by atoms with E-state index in [4.69, 9.17) is 0 Å². The number of hydrogen-bond donors (Lipinski definition) is 2. The molecule has 1 saturated heterocycles. The predicted octanol–water partition coefficient (Wildman–Crippen LogP) is 3.41. The molecule has 0 radical (unpaired) electrons. The van der Waals surface area contributed by atoms with E-state index in [0.717, 1.165) is 20.3 Å². The third-order valence-electron chi connectivity index (χ3n) is 4.59. The van der Waals surface area contributed by atoms with E-state index in [-0.39, 0.29) is 36.5 Å². The van der Waals surface area contributed by atoms with Crippen molar-refractivity contribution < 1.29 is 19.2 Å². The maximum atomic E-state index is 12.5. The molecule has 4 rings (SSSR count). The summed E-state index contributed by atoms with van der Waals surface area (Å²) in [5.41, 5.74) is 1.61. The van der Waals surface area contributed by atoms with E-state index in [1.165, 1.54) is 29.6 Å². The van der Waals surface area contributed by atoms with Gasteiger partial charge in [0.25, 0.3) is 5.91 Å². The van der Waals surface area contributed by atoms with E-state index in [0.29, 0.717) is 22.9 Å². The van der Waals surface area contributed by atoms with Gasteiger partial charge in [-0.3, -0.25) is 29.4 Å². The number of rotatable bonds is 6. The van der Waals surface area contributed by atoms with Crippen LogP contribution in [0.1, 0.15) is 35.0 Å². The van der Waals surface area contributed by atoms with Gasteiger partial charge < -0.3 is 5.32 Å². The van der Waals surface area contributed by atoms with Crippen molar-refractivity contribution in [2.24, 2.45) is 0 Å². The molecule has 1 fully saturated rings. The summed E-state index contributed by atoms with van der Waals surface area (Å²) in [7, 11) is 0. The second kappa shape index (κ2) is 8.78. The van der Waals surface area contributed by atoms with Gasteiger partial charge in [0.05, 0.1) is 22.8 Å². The third-order valence-corrected chi connectivity index (χ3v) is 6.46. The fourth-order valence-electron chi connectivity index (χ4n) is 3.06. The van der Waals surface area contributed by atoms with Crippen molar-refractivity contribution in [3.63, 3.8) is 0 Å². The lowest BCUT2D eigenvalue weighted by molar-refractivity contribution is -0.121. The van der Waals surface area contributed by atoms with Gasteiger partial charge in [-0.05, 0) is 36.4 Å². The highest BCUT2D eigenvalue weighted by Gasteiger charge is 2.30. The standard InChI is InChI=1S/C21H18N4O4S2/c1-12(26)22-10-15-6-7-17(31-15)16-11-30-21(23-16)24-20(29)13-2-4-14(5-3-13)25-18(27)8-9-19(25)28/h2-7,11H,8-10H2,1H3,(H,22,26)(H,23,24,29). The zero-order chi connectivity index (χ0) is 22.0. The Bertz CT molecular complexity index is 1150. The number of thiazole rings is 1. The van der Waals surface area contributed by atoms with Crippen LogP contribution in [0.2, 0.25) is 0 Å². The second-order valence-electron chi connectivity index (χ2n) is 6.84. The number of imide groups is 1. The molecule has 0 spiro atoms. The van der Waals surface area contributed by atoms with Crippen LogP contribution in [0.15, 0.2) is 41.8 Å². The summed E-state index contributed by atoms with van der Waals surface area (Å²) in [5, 5.41) is 7.85. The molecule has 2 N–H and O–H groups in total. The molecule has 3 aromatic rings. The van der Waals surface area contributed by atoms with Gasteiger partial charge in [-0.2, -0.15) is 0 Å². The molecule has 0 unspecified atom stereocenters. The molecule has 0 bridgehead atoms. The van der Waals surface area contributed by atoms with Crippen molar-refractivity contribution >= 4 is 57.1 Å². The Morgan fingerprint density at radius 1 is 1.06 bits per heavy atom. The van der Waals surface area contributed by atoms with Crippen LogP contribution >= 0.6 is 22.7 Å². The van der Waals surface area contributed by atoms with Crippen molar-refractivity contribution in [1.29, 1.82) is 0 Å². The molecule has 0 aliphatic carbocycles. The molecule has 0 saturated carbocycles. The molecule has 1 aliphatic heterocycles. The zero-order valence-corrected chi connectivity index (χ0v) is 18.1. The Hall–Kier alpha value is -3.37. The fourth-order valence-corrected chi connectivity index (χ4v) is 4.75. The molecule has 1 aliphatic rings. The van der Waals surface area contributed by atoms with Crippen LogP contribution in [0.5, 0.6) is 0 Å². The minimum atomic E-state index is -0.330. The molecular weight excluding hydrogens is 436 g/mol. The van der Waals surface area contributed by atoms with Crippen LogP contribution < -0.4 is 15.5 Å². The number of nitrogens with one attached hydrogen (secondary N) is 2. The van der Waals surface area contributed by atoms with E-state index >= 15 is 0 Å². The van der Waals surface area contributed by atoms with Crippen molar-refractivity contribution in [1.82, 2.24) is 10.3 Å². The molecular formula is C21H18N4O4S2. The highest BCUT2D eigenvalue weighted by molar-refractivity contribution is 7.17. The van der Waals surface area contributed by atoms with Crippen LogP contribution in [0.25, 0.3) is 10.6 Å². The Morgan fingerprint density at radius 2 is 1.77 bits per heavy atom. The monoisotopic (exact) mass is 454 g/mol. The lowest BCUT2D eigenvalue weighted by atomic mass is 10.2. The minimum absolute atomic E-state index is 0.0831. The van der Waals surface area contributed by atoms with Gasteiger partial charge in [0.1, 0.15) is 0 Å². The SMILES string of the molecule is CC(=O)NCc1ccc(-c2csc(NC(=O)c3ccc(N4C(=O)CCC4=O)cc3)n2)s1. The Kier molecular flexibility index (Phi) is 5.92. The van der Waals surface area contributed by atoms with Crippen molar-refractivity contribution in [3.8, 4) is 10.6 Å². The number of hydrogen-bond acceptors (Lipinski definition) is 7. The lowest BCUT2D eigenvalue weighted by Gasteiger charge is -2.13. The molecule has 1 aromatic carbocycles. The Balaban J connectivity index is 1.40. The van der Waals surface area contributed by atoms with Gasteiger partial charge in [0, 0.05) is 35.6 Å². The lowest BCUT2D eigenvalue weighted by Crippen LogP contribution is -2.28. The highest BCUT2D eigenvalue weighted by Crippen LogP contribution is 2.31. The normalized spacial score (nSPS) is 13.5. The predicted molar refractivity (Wildman–Crippen MR) is 119 cm³/mol. The third kappa shape index (κ3) is 4.70. The highest BCUT2D eigenvalue weighted by atomic mass is 32.1. The summed E-state index contributed by atoms with van der Waals surface area (Å²) < 4.78 is 0. The number of thiophene rings is 1. The topological polar surface area (TPSA) is 108 Å². The number of carbonyl (C=O) groups excluding carboxylic acids is 4. The minimum Gasteiger partial charge on any atom is -0.351 e. The quantitative estimate of drug-likeness (QED) is 0.555. The fraction of sp³-hybridized carbons (Fsp3) is 0.190. The van der Waals surface area contributed by atoms with Crippen molar-refractivity contribution in [3.05, 3.63) is 52.2 Å². The molecule has 31 heavy (non-hydrogen) atoms. The molecule has 2 aromatic heterocycles. The van der Waals surface area contributed by atoms with Crippen LogP contribution in [0, 0.1) is 0 Å². The maximum Gasteiger partial charge on any atom is 0.257 e. The number of carbonyl (C=O) groups is 4. The first-order valence-corrected chi connectivity index (χ1v) is 11.2. The van der Waals surface area contributed by atoms with E-state index in [1.807, 2.05) is 17.5 Å². The van der Waals surface area contributed by atoms with Crippen molar-refractivity contribution in [2.45, 2.75) is 26.3 Å². The van der Waals surface area contributed by atoms with E-state index in [9.17, 15) is 19.2 Å². The van der Waals surface area contributed by atoms with Gasteiger partial charge in [0.2, 0.25) is 17.7 Å². The number of benzene rings is 1. The number of anilines is 2. The summed E-state index contributed by atoms with van der Waals surface area (Å²) in [4.78, 5) is 54.8. The molecule has 3 heterocycles. The van der Waals surface area contributed by atoms with E-state index in [2.05, 4.69) is 15.6 Å². The van der Waals surface area contributed by atoms with E-state index < -0.39 is 0 Å². The number of amides is 4.